The monoisotopic (exact) mass is 197 g/mol. The molecule has 0 saturated carbocycles. The molecule has 2 aromatic heterocycles. The molecule has 7 nitrogen and oxygen atoms in total. The van der Waals surface area contributed by atoms with E-state index in [4.69, 9.17) is 0 Å². The molecule has 0 aliphatic carbocycles. The van der Waals surface area contributed by atoms with Crippen LogP contribution in [-0.4, -0.2) is 30.8 Å². The third kappa shape index (κ3) is 1.96. The zero-order valence-electron chi connectivity index (χ0n) is 6.85. The molecule has 0 saturated heterocycles. The van der Waals surface area contributed by atoms with Crippen molar-refractivity contribution in [2.75, 3.05) is 5.32 Å². The minimum absolute atomic E-state index is 0.505. The lowest BCUT2D eigenvalue weighted by molar-refractivity contribution is 0.881. The van der Waals surface area contributed by atoms with Gasteiger partial charge < -0.3 is 5.32 Å². The van der Waals surface area contributed by atoms with Gasteiger partial charge in [-0.15, -0.1) is 20.4 Å². The fourth-order valence-electron chi connectivity index (χ4n) is 0.780. The van der Waals surface area contributed by atoms with Gasteiger partial charge in [0.25, 0.3) is 0 Å². The van der Waals surface area contributed by atoms with E-state index in [0.717, 1.165) is 10.1 Å². The average molecular weight is 197 g/mol. The maximum atomic E-state index is 3.89. The zero-order valence-corrected chi connectivity index (χ0v) is 7.67. The summed E-state index contributed by atoms with van der Waals surface area (Å²) in [6.07, 6.45) is 0. The Hall–Kier alpha value is -1.57. The van der Waals surface area contributed by atoms with Gasteiger partial charge in [-0.25, -0.2) is 0 Å². The highest BCUT2D eigenvalue weighted by Gasteiger charge is 2.01. The molecule has 13 heavy (non-hydrogen) atoms. The van der Waals surface area contributed by atoms with Crippen molar-refractivity contribution in [2.45, 2.75) is 13.5 Å². The summed E-state index contributed by atoms with van der Waals surface area (Å²) >= 11 is 1.49. The third-order valence-corrected chi connectivity index (χ3v) is 2.11. The van der Waals surface area contributed by atoms with Crippen LogP contribution in [0, 0.1) is 6.92 Å². The van der Waals surface area contributed by atoms with E-state index in [1.54, 1.807) is 0 Å². The molecule has 2 N–H and O–H groups in total. The van der Waals surface area contributed by atoms with Gasteiger partial charge in [-0.05, 0) is 6.92 Å². The number of nitrogens with zero attached hydrogens (tertiary/aromatic N) is 5. The molecule has 0 unspecified atom stereocenters. The van der Waals surface area contributed by atoms with Crippen LogP contribution in [0.25, 0.3) is 0 Å². The Kier molecular flexibility index (Phi) is 2.13. The molecule has 2 rings (SSSR count). The van der Waals surface area contributed by atoms with E-state index in [1.165, 1.54) is 11.3 Å². The summed E-state index contributed by atoms with van der Waals surface area (Å²) in [5.74, 6) is 0.604. The van der Waals surface area contributed by atoms with Crippen LogP contribution >= 0.6 is 11.3 Å². The van der Waals surface area contributed by atoms with Gasteiger partial charge in [0.15, 0.2) is 5.82 Å². The smallest absolute Gasteiger partial charge is 0.206 e. The second-order valence-corrected chi connectivity index (χ2v) is 3.49. The van der Waals surface area contributed by atoms with Gasteiger partial charge >= 0.3 is 0 Å². The fraction of sp³-hybridized carbons (Fsp3) is 0.400. The van der Waals surface area contributed by atoms with Crippen molar-refractivity contribution in [3.05, 3.63) is 10.8 Å². The first-order chi connectivity index (χ1) is 6.34. The summed E-state index contributed by atoms with van der Waals surface area (Å²) in [5, 5.41) is 25.8. The summed E-state index contributed by atoms with van der Waals surface area (Å²) in [7, 11) is 0. The molecule has 0 aromatic carbocycles. The lowest BCUT2D eigenvalue weighted by Crippen LogP contribution is -2.00. The van der Waals surface area contributed by atoms with E-state index in [9.17, 15) is 0 Å². The van der Waals surface area contributed by atoms with Gasteiger partial charge in [0.1, 0.15) is 5.01 Å². The lowest BCUT2D eigenvalue weighted by atomic mass is 10.6. The van der Waals surface area contributed by atoms with Crippen LogP contribution in [-0.2, 0) is 6.54 Å². The lowest BCUT2D eigenvalue weighted by Gasteiger charge is -1.94. The van der Waals surface area contributed by atoms with Gasteiger partial charge in [0, 0.05) is 0 Å². The first kappa shape index (κ1) is 8.05. The number of nitrogens with one attached hydrogen (secondary N) is 2. The Balaban J connectivity index is 1.93. The first-order valence-corrected chi connectivity index (χ1v) is 4.42. The van der Waals surface area contributed by atoms with Crippen molar-refractivity contribution in [1.82, 2.24) is 30.8 Å². The van der Waals surface area contributed by atoms with Crippen LogP contribution < -0.4 is 5.32 Å². The maximum absolute atomic E-state index is 3.89. The van der Waals surface area contributed by atoms with Crippen LogP contribution in [0.2, 0.25) is 0 Å². The largest absolute Gasteiger partial charge is 0.353 e. The molecular formula is C5H7N7S. The number of hydrogen-bond acceptors (Lipinski definition) is 7. The van der Waals surface area contributed by atoms with Crippen molar-refractivity contribution in [3.63, 3.8) is 0 Å². The van der Waals surface area contributed by atoms with Crippen LogP contribution in [0.1, 0.15) is 10.8 Å². The Labute approximate surface area is 77.6 Å². The molecule has 0 spiro atoms. The van der Waals surface area contributed by atoms with Gasteiger partial charge in [-0.1, -0.05) is 16.6 Å². The Morgan fingerprint density at radius 3 is 2.92 bits per heavy atom. The number of tetrazole rings is 1. The van der Waals surface area contributed by atoms with Crippen molar-refractivity contribution in [3.8, 4) is 0 Å². The molecule has 0 amide bonds. The van der Waals surface area contributed by atoms with Crippen LogP contribution in [0.4, 0.5) is 5.13 Å². The summed E-state index contributed by atoms with van der Waals surface area (Å²) < 4.78 is 0. The predicted molar refractivity (Wildman–Crippen MR) is 46.2 cm³/mol. The van der Waals surface area contributed by atoms with E-state index < -0.39 is 0 Å². The highest BCUT2D eigenvalue weighted by Crippen LogP contribution is 2.13. The fourth-order valence-corrected chi connectivity index (χ4v) is 1.37. The summed E-state index contributed by atoms with van der Waals surface area (Å²) in [6.45, 7) is 2.41. The molecule has 0 bridgehead atoms. The number of aromatic nitrogens is 6. The molecule has 0 atom stereocenters. The number of anilines is 1. The van der Waals surface area contributed by atoms with Gasteiger partial charge in [-0.3, -0.25) is 0 Å². The van der Waals surface area contributed by atoms with E-state index in [-0.39, 0.29) is 0 Å². The number of rotatable bonds is 3. The van der Waals surface area contributed by atoms with E-state index >= 15 is 0 Å². The first-order valence-electron chi connectivity index (χ1n) is 3.61. The molecule has 0 fully saturated rings. The van der Waals surface area contributed by atoms with Crippen molar-refractivity contribution < 1.29 is 0 Å². The summed E-state index contributed by atoms with van der Waals surface area (Å²) in [5.41, 5.74) is 0. The van der Waals surface area contributed by atoms with Crippen molar-refractivity contribution >= 4 is 16.5 Å². The molecule has 0 aliphatic heterocycles. The number of H-pyrrole nitrogens is 1. The summed E-state index contributed by atoms with van der Waals surface area (Å²) in [6, 6.07) is 0. The molecule has 2 aromatic rings. The summed E-state index contributed by atoms with van der Waals surface area (Å²) in [4.78, 5) is 0. The second-order valence-electron chi connectivity index (χ2n) is 2.31. The van der Waals surface area contributed by atoms with Crippen LogP contribution in [0.5, 0.6) is 0 Å². The van der Waals surface area contributed by atoms with Crippen molar-refractivity contribution in [2.24, 2.45) is 0 Å². The third-order valence-electron chi connectivity index (χ3n) is 1.31. The molecule has 8 heteroatoms. The quantitative estimate of drug-likeness (QED) is 0.718. The SMILES string of the molecule is Cc1nnc(NCc2nn[nH]n2)s1. The molecular weight excluding hydrogens is 190 g/mol. The minimum Gasteiger partial charge on any atom is -0.353 e. The van der Waals surface area contributed by atoms with Gasteiger partial charge in [0.2, 0.25) is 5.13 Å². The second kappa shape index (κ2) is 3.44. The van der Waals surface area contributed by atoms with Crippen LogP contribution in [0.3, 0.4) is 0 Å². The molecule has 0 aliphatic rings. The number of hydrogen-bond donors (Lipinski definition) is 2. The van der Waals surface area contributed by atoms with E-state index in [0.29, 0.717) is 12.4 Å². The normalized spacial score (nSPS) is 10.2. The number of aromatic amines is 1. The van der Waals surface area contributed by atoms with Crippen molar-refractivity contribution in [1.29, 1.82) is 0 Å². The van der Waals surface area contributed by atoms with E-state index in [2.05, 4.69) is 36.1 Å². The average Bonchev–Trinajstić information content (AvgIpc) is 2.71. The highest BCUT2D eigenvalue weighted by atomic mass is 32.1. The number of aryl methyl sites for hydroxylation is 1. The van der Waals surface area contributed by atoms with E-state index in [1.807, 2.05) is 6.92 Å². The Bertz CT molecular complexity index is 366. The molecule has 0 radical (unpaired) electrons. The predicted octanol–water partition coefficient (Wildman–Crippen LogP) is -0.0283. The molecule has 2 heterocycles. The van der Waals surface area contributed by atoms with Crippen LogP contribution in [0.15, 0.2) is 0 Å². The minimum atomic E-state index is 0.505. The highest BCUT2D eigenvalue weighted by molar-refractivity contribution is 7.15. The topological polar surface area (TPSA) is 92.3 Å². The molecule has 68 valence electrons. The Morgan fingerprint density at radius 2 is 2.31 bits per heavy atom. The van der Waals surface area contributed by atoms with Gasteiger partial charge in [-0.2, -0.15) is 5.21 Å². The Morgan fingerprint density at radius 1 is 1.38 bits per heavy atom. The van der Waals surface area contributed by atoms with Gasteiger partial charge in [0.05, 0.1) is 6.54 Å². The standard InChI is InChI=1S/C5H7N7S/c1-3-7-10-5(13-3)6-2-4-8-11-12-9-4/h2H2,1H3,(H,6,10)(H,8,9,11,12). The zero-order chi connectivity index (χ0) is 9.10. The maximum Gasteiger partial charge on any atom is 0.206 e.